The summed E-state index contributed by atoms with van der Waals surface area (Å²) < 4.78 is 1.57. The Hall–Kier alpha value is -2.99. The summed E-state index contributed by atoms with van der Waals surface area (Å²) in [5.74, 6) is 0.586. The molecule has 30 heavy (non-hydrogen) atoms. The number of nitrogens with two attached hydrogens (primary N) is 1. The number of aromatic nitrogens is 3. The summed E-state index contributed by atoms with van der Waals surface area (Å²) in [6.07, 6.45) is 4.11. The third kappa shape index (κ3) is 6.00. The molecule has 0 spiro atoms. The first-order valence-electron chi connectivity index (χ1n) is 10.3. The lowest BCUT2D eigenvalue weighted by Gasteiger charge is -1.99. The summed E-state index contributed by atoms with van der Waals surface area (Å²) in [4.78, 5) is 18.0. The van der Waals surface area contributed by atoms with Crippen LogP contribution >= 0.6 is 11.3 Å². The van der Waals surface area contributed by atoms with Gasteiger partial charge in [-0.2, -0.15) is 0 Å². The summed E-state index contributed by atoms with van der Waals surface area (Å²) in [5, 5.41) is 4.38. The summed E-state index contributed by atoms with van der Waals surface area (Å²) in [6, 6.07) is 16.2. The number of hydrogen-bond donors (Lipinski definition) is 1. The molecular formula is C24H30N4OS. The number of rotatable bonds is 4. The Bertz CT molecular complexity index is 1080. The molecule has 4 aromatic rings. The third-order valence-corrected chi connectivity index (χ3v) is 5.21. The minimum absolute atomic E-state index is 0.0439. The molecule has 1 aromatic carbocycles. The molecule has 0 unspecified atom stereocenters. The van der Waals surface area contributed by atoms with Crippen molar-refractivity contribution in [3.8, 4) is 10.7 Å². The van der Waals surface area contributed by atoms with Crippen molar-refractivity contribution in [3.63, 3.8) is 0 Å². The standard InChI is InChI=1S/C13H12N4OS.C9H12.C2H6/c1-7-3-4-11(19-7)12-15-13-10(14)5-9(8(2)18)6-17(13)16-12;1-2-6-9-7-4-3-5-8-9;1-2/h3-6H,14H2,1-2H3;3-5,7-8H,2,6H2,1H3;1-2H3. The number of hydrogen-bond acceptors (Lipinski definition) is 5. The van der Waals surface area contributed by atoms with E-state index in [9.17, 15) is 4.79 Å². The molecule has 0 saturated heterocycles. The van der Waals surface area contributed by atoms with Crippen molar-refractivity contribution in [1.82, 2.24) is 14.6 Å². The van der Waals surface area contributed by atoms with Gasteiger partial charge in [-0.05, 0) is 44.0 Å². The van der Waals surface area contributed by atoms with Gasteiger partial charge in [0.25, 0.3) is 0 Å². The van der Waals surface area contributed by atoms with E-state index < -0.39 is 0 Å². The fourth-order valence-corrected chi connectivity index (χ4v) is 3.59. The van der Waals surface area contributed by atoms with Gasteiger partial charge in [-0.25, -0.2) is 9.50 Å². The van der Waals surface area contributed by atoms with Crippen LogP contribution in [0.3, 0.4) is 0 Å². The van der Waals surface area contributed by atoms with E-state index in [4.69, 9.17) is 5.73 Å². The molecule has 0 fully saturated rings. The normalized spacial score (nSPS) is 10.0. The van der Waals surface area contributed by atoms with E-state index >= 15 is 0 Å². The molecule has 3 aromatic heterocycles. The minimum Gasteiger partial charge on any atom is -0.396 e. The number of anilines is 1. The minimum atomic E-state index is -0.0439. The first-order valence-corrected chi connectivity index (χ1v) is 11.1. The number of ketones is 1. The highest BCUT2D eigenvalue weighted by molar-refractivity contribution is 7.15. The van der Waals surface area contributed by atoms with Gasteiger partial charge in [-0.1, -0.05) is 57.5 Å². The molecule has 0 atom stereocenters. The van der Waals surface area contributed by atoms with Gasteiger partial charge in [-0.3, -0.25) is 4.79 Å². The van der Waals surface area contributed by atoms with Crippen LogP contribution in [0.5, 0.6) is 0 Å². The van der Waals surface area contributed by atoms with Crippen molar-refractivity contribution in [2.24, 2.45) is 0 Å². The van der Waals surface area contributed by atoms with Crippen LogP contribution in [0.25, 0.3) is 16.3 Å². The van der Waals surface area contributed by atoms with Crippen LogP contribution in [0, 0.1) is 6.92 Å². The number of nitrogens with zero attached hydrogens (tertiary/aromatic N) is 3. The fourth-order valence-electron chi connectivity index (χ4n) is 2.80. The number of nitrogen functional groups attached to an aromatic ring is 1. The van der Waals surface area contributed by atoms with Crippen molar-refractivity contribution in [3.05, 3.63) is 70.7 Å². The first-order chi connectivity index (χ1) is 14.5. The Balaban J connectivity index is 0.000000245. The second-order valence-electron chi connectivity index (χ2n) is 6.59. The second-order valence-corrected chi connectivity index (χ2v) is 7.88. The van der Waals surface area contributed by atoms with E-state index in [1.807, 2.05) is 32.9 Å². The van der Waals surface area contributed by atoms with Gasteiger partial charge < -0.3 is 5.73 Å². The lowest BCUT2D eigenvalue weighted by molar-refractivity contribution is 0.101. The van der Waals surface area contributed by atoms with Crippen molar-refractivity contribution < 1.29 is 4.79 Å². The molecule has 0 aliphatic rings. The van der Waals surface area contributed by atoms with Crippen LogP contribution in [0.2, 0.25) is 0 Å². The van der Waals surface area contributed by atoms with Crippen LogP contribution in [0.4, 0.5) is 5.69 Å². The van der Waals surface area contributed by atoms with E-state index in [0.717, 1.165) is 4.88 Å². The number of pyridine rings is 1. The van der Waals surface area contributed by atoms with Gasteiger partial charge >= 0.3 is 0 Å². The molecule has 0 aliphatic heterocycles. The van der Waals surface area contributed by atoms with E-state index in [2.05, 4.69) is 47.3 Å². The zero-order valence-corrected chi connectivity index (χ0v) is 19.2. The molecule has 0 saturated carbocycles. The molecule has 158 valence electrons. The van der Waals surface area contributed by atoms with Crippen LogP contribution in [0.15, 0.2) is 54.7 Å². The monoisotopic (exact) mass is 422 g/mol. The predicted octanol–water partition coefficient (Wildman–Crippen LogP) is 6.22. The van der Waals surface area contributed by atoms with Crippen LogP contribution in [0.1, 0.15) is 54.9 Å². The van der Waals surface area contributed by atoms with Gasteiger partial charge in [0.1, 0.15) is 0 Å². The predicted molar refractivity (Wildman–Crippen MR) is 127 cm³/mol. The average Bonchev–Trinajstić information content (AvgIpc) is 3.37. The number of carbonyl (C=O) groups is 1. The quantitative estimate of drug-likeness (QED) is 0.396. The molecule has 2 N–H and O–H groups in total. The Morgan fingerprint density at radius 3 is 2.40 bits per heavy atom. The number of fused-ring (bicyclic) bond motifs is 1. The molecular weight excluding hydrogens is 392 g/mol. The summed E-state index contributed by atoms with van der Waals surface area (Å²) in [6.45, 7) is 9.74. The first kappa shape index (κ1) is 23.3. The van der Waals surface area contributed by atoms with E-state index in [-0.39, 0.29) is 5.78 Å². The molecule has 3 heterocycles. The van der Waals surface area contributed by atoms with Gasteiger partial charge in [0, 0.05) is 16.6 Å². The van der Waals surface area contributed by atoms with E-state index in [1.165, 1.54) is 30.2 Å². The maximum atomic E-state index is 11.4. The maximum absolute atomic E-state index is 11.4. The van der Waals surface area contributed by atoms with Gasteiger partial charge in [-0.15, -0.1) is 16.4 Å². The maximum Gasteiger partial charge on any atom is 0.192 e. The lowest BCUT2D eigenvalue weighted by atomic mass is 10.1. The zero-order chi connectivity index (χ0) is 22.1. The number of Topliss-reactive ketones (excluding diaryl/α,β-unsaturated/α-hetero) is 1. The summed E-state index contributed by atoms with van der Waals surface area (Å²) >= 11 is 1.63. The SMILES string of the molecule is CC.CC(=O)c1cc(N)c2nc(-c3ccc(C)s3)nn2c1.CCCc1ccccc1. The third-order valence-electron chi connectivity index (χ3n) is 4.21. The van der Waals surface area contributed by atoms with Crippen molar-refractivity contribution >= 4 is 28.5 Å². The van der Waals surface area contributed by atoms with Gasteiger partial charge in [0.2, 0.25) is 0 Å². The Labute approximate surface area is 182 Å². The highest BCUT2D eigenvalue weighted by atomic mass is 32.1. The summed E-state index contributed by atoms with van der Waals surface area (Å²) in [5.41, 5.74) is 8.93. The number of aryl methyl sites for hydroxylation is 2. The zero-order valence-electron chi connectivity index (χ0n) is 18.3. The van der Waals surface area contributed by atoms with E-state index in [1.54, 1.807) is 28.1 Å². The molecule has 0 bridgehead atoms. The highest BCUT2D eigenvalue weighted by Gasteiger charge is 2.12. The highest BCUT2D eigenvalue weighted by Crippen LogP contribution is 2.26. The fraction of sp³-hybridized carbons (Fsp3) is 0.292. The Morgan fingerprint density at radius 1 is 1.13 bits per heavy atom. The number of thiophene rings is 1. The molecule has 6 heteroatoms. The lowest BCUT2D eigenvalue weighted by Crippen LogP contribution is -2.00. The van der Waals surface area contributed by atoms with Crippen molar-refractivity contribution in [1.29, 1.82) is 0 Å². The van der Waals surface area contributed by atoms with E-state index in [0.29, 0.717) is 22.7 Å². The van der Waals surface area contributed by atoms with Crippen molar-refractivity contribution in [2.75, 3.05) is 5.73 Å². The molecule has 4 rings (SSSR count). The summed E-state index contributed by atoms with van der Waals surface area (Å²) in [7, 11) is 0. The van der Waals surface area contributed by atoms with Crippen molar-refractivity contribution in [2.45, 2.75) is 47.5 Å². The van der Waals surface area contributed by atoms with Crippen LogP contribution < -0.4 is 5.73 Å². The number of benzene rings is 1. The number of carbonyl (C=O) groups excluding carboxylic acids is 1. The average molecular weight is 423 g/mol. The van der Waals surface area contributed by atoms with Crippen LogP contribution in [-0.4, -0.2) is 20.4 Å². The molecule has 0 aliphatic carbocycles. The van der Waals surface area contributed by atoms with Crippen LogP contribution in [-0.2, 0) is 6.42 Å². The molecule has 0 amide bonds. The second kappa shape index (κ2) is 11.3. The molecule has 0 radical (unpaired) electrons. The Morgan fingerprint density at radius 2 is 1.83 bits per heavy atom. The van der Waals surface area contributed by atoms with Gasteiger partial charge in [0.05, 0.1) is 10.6 Å². The Kier molecular flexibility index (Phi) is 8.74. The smallest absolute Gasteiger partial charge is 0.192 e. The van der Waals surface area contributed by atoms with Gasteiger partial charge in [0.15, 0.2) is 17.3 Å². The largest absolute Gasteiger partial charge is 0.396 e. The topological polar surface area (TPSA) is 73.3 Å². The molecule has 5 nitrogen and oxygen atoms in total.